The number of aliphatic hydroxyl groups excluding tert-OH is 5. The molecule has 7 atom stereocenters. The first-order valence-electron chi connectivity index (χ1n) is 19.4. The lowest BCUT2D eigenvalue weighted by Crippen LogP contribution is -2.60. The lowest BCUT2D eigenvalue weighted by molar-refractivity contribution is -0.302. The van der Waals surface area contributed by atoms with E-state index in [4.69, 9.17) is 9.47 Å². The van der Waals surface area contributed by atoms with Crippen molar-refractivity contribution in [1.29, 1.82) is 0 Å². The van der Waals surface area contributed by atoms with E-state index in [-0.39, 0.29) is 12.5 Å². The van der Waals surface area contributed by atoms with E-state index in [0.717, 1.165) is 38.5 Å². The van der Waals surface area contributed by atoms with Gasteiger partial charge in [-0.2, -0.15) is 0 Å². The standard InChI is InChI=1S/C38H73NO8/c1-3-5-7-9-11-13-15-16-18-19-21-23-25-27-32(41)31(30-46-38-37(45)36(44)35(43)33(29-40)47-38)39-34(42)28-26-24-22-20-17-14-12-10-8-6-4-2/h25,27,31-33,35-38,40-41,43-45H,3-24,26,28-30H2,1-2H3,(H,39,42)/b27-25+/t31-,32+,33+,35+,36-,37+,38+/m0/s1. The minimum Gasteiger partial charge on any atom is -0.394 e. The van der Waals surface area contributed by atoms with Gasteiger partial charge in [0.05, 0.1) is 25.4 Å². The Morgan fingerprint density at radius 1 is 0.702 bits per heavy atom. The number of nitrogens with one attached hydrogen (secondary N) is 1. The average molecular weight is 672 g/mol. The van der Waals surface area contributed by atoms with E-state index in [2.05, 4.69) is 19.2 Å². The van der Waals surface area contributed by atoms with Crippen LogP contribution in [0.4, 0.5) is 0 Å². The Labute approximate surface area is 286 Å². The number of rotatable bonds is 31. The molecular formula is C38H73NO8. The third-order valence-electron chi connectivity index (χ3n) is 9.36. The van der Waals surface area contributed by atoms with Gasteiger partial charge in [-0.25, -0.2) is 0 Å². The molecular weight excluding hydrogens is 598 g/mol. The number of aliphatic hydroxyl groups is 5. The molecule has 6 N–H and O–H groups in total. The first kappa shape index (κ1) is 44.0. The van der Waals surface area contributed by atoms with E-state index >= 15 is 0 Å². The van der Waals surface area contributed by atoms with Crippen LogP contribution in [0.25, 0.3) is 0 Å². The van der Waals surface area contributed by atoms with E-state index in [1.807, 2.05) is 6.08 Å². The Balaban J connectivity index is 2.46. The highest BCUT2D eigenvalue weighted by atomic mass is 16.7. The van der Waals surface area contributed by atoms with Crippen molar-refractivity contribution in [1.82, 2.24) is 5.32 Å². The number of unbranched alkanes of at least 4 members (excludes halogenated alkanes) is 21. The number of carbonyl (C=O) groups is 1. The normalized spacial score (nSPS) is 22.9. The molecule has 1 amide bonds. The monoisotopic (exact) mass is 672 g/mol. The molecule has 0 aliphatic carbocycles. The minimum atomic E-state index is -1.56. The largest absolute Gasteiger partial charge is 0.394 e. The molecule has 278 valence electrons. The van der Waals surface area contributed by atoms with Crippen molar-refractivity contribution in [3.8, 4) is 0 Å². The summed E-state index contributed by atoms with van der Waals surface area (Å²) in [5.74, 6) is -0.179. The summed E-state index contributed by atoms with van der Waals surface area (Å²) in [6.45, 7) is 3.74. The first-order valence-corrected chi connectivity index (χ1v) is 19.4. The Morgan fingerprint density at radius 2 is 1.17 bits per heavy atom. The van der Waals surface area contributed by atoms with Crippen molar-refractivity contribution >= 4 is 5.91 Å². The zero-order valence-electron chi connectivity index (χ0n) is 30.0. The molecule has 0 spiro atoms. The van der Waals surface area contributed by atoms with Crippen LogP contribution in [-0.2, 0) is 14.3 Å². The van der Waals surface area contributed by atoms with Crippen LogP contribution in [0.15, 0.2) is 12.2 Å². The number of amides is 1. The minimum absolute atomic E-state index is 0.179. The van der Waals surface area contributed by atoms with Gasteiger partial charge in [-0.15, -0.1) is 0 Å². The summed E-state index contributed by atoms with van der Waals surface area (Å²) in [4.78, 5) is 12.8. The Kier molecular flexibility index (Phi) is 27.9. The van der Waals surface area contributed by atoms with Gasteiger partial charge in [-0.3, -0.25) is 4.79 Å². The fourth-order valence-corrected chi connectivity index (χ4v) is 6.15. The van der Waals surface area contributed by atoms with Crippen LogP contribution in [0.3, 0.4) is 0 Å². The first-order chi connectivity index (χ1) is 22.8. The molecule has 1 heterocycles. The lowest BCUT2D eigenvalue weighted by Gasteiger charge is -2.40. The van der Waals surface area contributed by atoms with E-state index in [0.29, 0.717) is 6.42 Å². The van der Waals surface area contributed by atoms with Crippen LogP contribution < -0.4 is 5.32 Å². The van der Waals surface area contributed by atoms with Crippen molar-refractivity contribution in [2.24, 2.45) is 0 Å². The summed E-state index contributed by atoms with van der Waals surface area (Å²) < 4.78 is 11.1. The van der Waals surface area contributed by atoms with Crippen molar-refractivity contribution in [2.75, 3.05) is 13.2 Å². The highest BCUT2D eigenvalue weighted by Gasteiger charge is 2.44. The van der Waals surface area contributed by atoms with Crippen molar-refractivity contribution in [3.05, 3.63) is 12.2 Å². The molecule has 1 aliphatic heterocycles. The fraction of sp³-hybridized carbons (Fsp3) is 0.921. The van der Waals surface area contributed by atoms with Crippen molar-refractivity contribution in [2.45, 2.75) is 211 Å². The zero-order chi connectivity index (χ0) is 34.5. The molecule has 0 bridgehead atoms. The van der Waals surface area contributed by atoms with Crippen LogP contribution >= 0.6 is 0 Å². The Bertz CT molecular complexity index is 751. The van der Waals surface area contributed by atoms with Gasteiger partial charge in [-0.1, -0.05) is 154 Å². The maximum atomic E-state index is 12.8. The van der Waals surface area contributed by atoms with Gasteiger partial charge in [0.25, 0.3) is 0 Å². The molecule has 1 saturated heterocycles. The molecule has 47 heavy (non-hydrogen) atoms. The number of hydrogen-bond donors (Lipinski definition) is 6. The molecule has 1 fully saturated rings. The molecule has 0 aromatic rings. The van der Waals surface area contributed by atoms with E-state index in [9.17, 15) is 30.3 Å². The quantitative estimate of drug-likeness (QED) is 0.0357. The second-order valence-corrected chi connectivity index (χ2v) is 13.7. The van der Waals surface area contributed by atoms with E-state index in [1.54, 1.807) is 6.08 Å². The van der Waals surface area contributed by atoms with E-state index in [1.165, 1.54) is 109 Å². The smallest absolute Gasteiger partial charge is 0.220 e. The van der Waals surface area contributed by atoms with Crippen LogP contribution in [0.2, 0.25) is 0 Å². The van der Waals surface area contributed by atoms with Gasteiger partial charge in [0.1, 0.15) is 24.4 Å². The van der Waals surface area contributed by atoms with Gasteiger partial charge in [-0.05, 0) is 19.3 Å². The summed E-state index contributed by atoms with van der Waals surface area (Å²) in [6, 6.07) is -0.795. The molecule has 0 saturated carbocycles. The zero-order valence-corrected chi connectivity index (χ0v) is 30.0. The van der Waals surface area contributed by atoms with Crippen molar-refractivity contribution in [3.63, 3.8) is 0 Å². The summed E-state index contributed by atoms with van der Waals surface area (Å²) in [5, 5.41) is 53.8. The topological polar surface area (TPSA) is 149 Å². The molecule has 9 nitrogen and oxygen atoms in total. The molecule has 0 aromatic carbocycles. The third-order valence-corrected chi connectivity index (χ3v) is 9.36. The number of carbonyl (C=O) groups excluding carboxylic acids is 1. The summed E-state index contributed by atoms with van der Waals surface area (Å²) in [7, 11) is 0. The van der Waals surface area contributed by atoms with E-state index < -0.39 is 49.5 Å². The van der Waals surface area contributed by atoms with Crippen LogP contribution in [-0.4, -0.2) is 87.5 Å². The van der Waals surface area contributed by atoms with Crippen LogP contribution in [0, 0.1) is 0 Å². The Morgan fingerprint density at radius 3 is 1.66 bits per heavy atom. The molecule has 0 aromatic heterocycles. The molecule has 0 unspecified atom stereocenters. The maximum absolute atomic E-state index is 12.8. The SMILES string of the molecule is CCCCCCCCCCCCC/C=C/[C@@H](O)[C@H](CO[C@@H]1O[C@H](CO)[C@@H](O)[C@H](O)[C@H]1O)NC(=O)CCCCCCCCCCCCC. The molecule has 1 rings (SSSR count). The van der Waals surface area contributed by atoms with Gasteiger partial charge in [0.15, 0.2) is 6.29 Å². The molecule has 0 radical (unpaired) electrons. The predicted octanol–water partition coefficient (Wildman–Crippen LogP) is 6.61. The number of allylic oxidation sites excluding steroid dienone is 1. The summed E-state index contributed by atoms with van der Waals surface area (Å²) in [6.07, 6.45) is 23.9. The molecule has 1 aliphatic rings. The summed E-state index contributed by atoms with van der Waals surface area (Å²) in [5.41, 5.74) is 0. The van der Waals surface area contributed by atoms with Gasteiger partial charge < -0.3 is 40.3 Å². The van der Waals surface area contributed by atoms with Gasteiger partial charge in [0, 0.05) is 6.42 Å². The molecule has 9 heteroatoms. The number of ether oxygens (including phenoxy) is 2. The van der Waals surface area contributed by atoms with Crippen molar-refractivity contribution < 1.29 is 39.8 Å². The maximum Gasteiger partial charge on any atom is 0.220 e. The number of hydrogen-bond acceptors (Lipinski definition) is 8. The second-order valence-electron chi connectivity index (χ2n) is 13.7. The summed E-state index contributed by atoms with van der Waals surface area (Å²) >= 11 is 0. The average Bonchev–Trinajstić information content (AvgIpc) is 3.07. The predicted molar refractivity (Wildman–Crippen MR) is 189 cm³/mol. The van der Waals surface area contributed by atoms with Crippen LogP contribution in [0.1, 0.15) is 168 Å². The second kappa shape index (κ2) is 29.8. The van der Waals surface area contributed by atoms with Gasteiger partial charge in [0.2, 0.25) is 5.91 Å². The fourth-order valence-electron chi connectivity index (χ4n) is 6.15. The highest BCUT2D eigenvalue weighted by molar-refractivity contribution is 5.76. The third kappa shape index (κ3) is 21.6. The van der Waals surface area contributed by atoms with Crippen LogP contribution in [0.5, 0.6) is 0 Å². The van der Waals surface area contributed by atoms with Gasteiger partial charge >= 0.3 is 0 Å². The lowest BCUT2D eigenvalue weighted by atomic mass is 9.99. The highest BCUT2D eigenvalue weighted by Crippen LogP contribution is 2.22. The Hall–Kier alpha value is -1.07.